The minimum atomic E-state index is -0.535. The van der Waals surface area contributed by atoms with Crippen molar-refractivity contribution in [3.63, 3.8) is 0 Å². The predicted octanol–water partition coefficient (Wildman–Crippen LogP) is 4.39. The molecule has 1 saturated heterocycles. The van der Waals surface area contributed by atoms with Gasteiger partial charge in [-0.05, 0) is 45.4 Å². The van der Waals surface area contributed by atoms with Crippen LogP contribution < -0.4 is 5.32 Å². The molecule has 1 aromatic carbocycles. The fraction of sp³-hybridized carbons (Fsp3) is 0.524. The molecule has 3 amide bonds. The standard InChI is InChI=1S/C21H27Cl2N3O3/c1-5-16(8-6-15-7-9-17(22)18(23)14-15)24-19(27)25-10-12-26(13-11-25)20(28)29-21(2,3)4/h7,9,14,16H,5,10-13H2,1-4H3,(H,24,27). The number of benzene rings is 1. The van der Waals surface area contributed by atoms with Crippen LogP contribution in [0.15, 0.2) is 18.2 Å². The molecular weight excluding hydrogens is 413 g/mol. The Hall–Kier alpha value is -2.10. The van der Waals surface area contributed by atoms with Crippen LogP contribution in [-0.4, -0.2) is 59.7 Å². The van der Waals surface area contributed by atoms with Gasteiger partial charge in [0, 0.05) is 31.7 Å². The summed E-state index contributed by atoms with van der Waals surface area (Å²) < 4.78 is 5.38. The second-order valence-corrected chi connectivity index (χ2v) is 8.58. The lowest BCUT2D eigenvalue weighted by atomic mass is 10.2. The van der Waals surface area contributed by atoms with Crippen molar-refractivity contribution < 1.29 is 14.3 Å². The molecule has 0 aromatic heterocycles. The van der Waals surface area contributed by atoms with Gasteiger partial charge in [0.25, 0.3) is 0 Å². The molecule has 2 rings (SSSR count). The summed E-state index contributed by atoms with van der Waals surface area (Å²) >= 11 is 11.9. The highest BCUT2D eigenvalue weighted by Gasteiger charge is 2.28. The molecule has 0 aliphatic carbocycles. The van der Waals surface area contributed by atoms with E-state index in [9.17, 15) is 9.59 Å². The van der Waals surface area contributed by atoms with E-state index < -0.39 is 5.60 Å². The molecule has 1 atom stereocenters. The first kappa shape index (κ1) is 23.2. The number of carbonyl (C=O) groups excluding carboxylic acids is 2. The molecule has 8 heteroatoms. The summed E-state index contributed by atoms with van der Waals surface area (Å²) in [5, 5.41) is 3.85. The largest absolute Gasteiger partial charge is 0.444 e. The maximum Gasteiger partial charge on any atom is 0.410 e. The number of urea groups is 1. The molecule has 1 aliphatic rings. The van der Waals surface area contributed by atoms with Crippen molar-refractivity contribution in [1.82, 2.24) is 15.1 Å². The van der Waals surface area contributed by atoms with Crippen LogP contribution in [0.2, 0.25) is 10.0 Å². The Morgan fingerprint density at radius 1 is 1.14 bits per heavy atom. The predicted molar refractivity (Wildman–Crippen MR) is 115 cm³/mol. The van der Waals surface area contributed by atoms with Gasteiger partial charge in [0.1, 0.15) is 5.60 Å². The lowest BCUT2D eigenvalue weighted by Gasteiger charge is -2.35. The number of nitrogens with zero attached hydrogens (tertiary/aromatic N) is 2. The smallest absolute Gasteiger partial charge is 0.410 e. The van der Waals surface area contributed by atoms with Gasteiger partial charge in [0.05, 0.1) is 16.1 Å². The van der Waals surface area contributed by atoms with E-state index in [-0.39, 0.29) is 18.2 Å². The average molecular weight is 440 g/mol. The van der Waals surface area contributed by atoms with Crippen molar-refractivity contribution >= 4 is 35.3 Å². The van der Waals surface area contributed by atoms with Crippen molar-refractivity contribution in [3.05, 3.63) is 33.8 Å². The maximum atomic E-state index is 12.6. The Bertz CT molecular complexity index is 804. The molecule has 1 heterocycles. The highest BCUT2D eigenvalue weighted by atomic mass is 35.5. The first-order valence-electron chi connectivity index (χ1n) is 9.59. The van der Waals surface area contributed by atoms with Crippen molar-refractivity contribution in [2.45, 2.75) is 45.8 Å². The van der Waals surface area contributed by atoms with Crippen LogP contribution in [0.4, 0.5) is 9.59 Å². The SMILES string of the molecule is CCC(C#Cc1ccc(Cl)c(Cl)c1)NC(=O)N1CCN(C(=O)OC(C)(C)C)CC1. The molecule has 29 heavy (non-hydrogen) atoms. The van der Waals surface area contributed by atoms with Crippen molar-refractivity contribution in [2.75, 3.05) is 26.2 Å². The number of hydrogen-bond acceptors (Lipinski definition) is 3. The number of hydrogen-bond donors (Lipinski definition) is 1. The molecule has 1 fully saturated rings. The summed E-state index contributed by atoms with van der Waals surface area (Å²) in [5.74, 6) is 6.08. The van der Waals surface area contributed by atoms with Crippen LogP contribution in [0, 0.1) is 11.8 Å². The third-order valence-corrected chi connectivity index (χ3v) is 4.97. The van der Waals surface area contributed by atoms with Crippen LogP contribution in [0.1, 0.15) is 39.7 Å². The van der Waals surface area contributed by atoms with Gasteiger partial charge in [-0.2, -0.15) is 0 Å². The Kier molecular flexibility index (Phi) is 8.06. The molecule has 0 saturated carbocycles. The molecule has 158 valence electrons. The van der Waals surface area contributed by atoms with Crippen LogP contribution >= 0.6 is 23.2 Å². The number of halogens is 2. The molecule has 1 aliphatic heterocycles. The Balaban J connectivity index is 1.88. The van der Waals surface area contributed by atoms with Gasteiger partial charge in [-0.15, -0.1) is 0 Å². The molecule has 0 spiro atoms. The third kappa shape index (κ3) is 7.34. The Morgan fingerprint density at radius 2 is 1.76 bits per heavy atom. The lowest BCUT2D eigenvalue weighted by molar-refractivity contribution is 0.0169. The number of amides is 3. The van der Waals surface area contributed by atoms with Gasteiger partial charge >= 0.3 is 12.1 Å². The Labute approximate surface area is 182 Å². The quantitative estimate of drug-likeness (QED) is 0.695. The summed E-state index contributed by atoms with van der Waals surface area (Å²) in [6.45, 7) is 9.22. The van der Waals surface area contributed by atoms with Crippen molar-refractivity contribution in [3.8, 4) is 11.8 Å². The van der Waals surface area contributed by atoms with Crippen molar-refractivity contribution in [2.24, 2.45) is 0 Å². The van der Waals surface area contributed by atoms with Crippen LogP contribution in [0.5, 0.6) is 0 Å². The monoisotopic (exact) mass is 439 g/mol. The summed E-state index contributed by atoms with van der Waals surface area (Å²) in [4.78, 5) is 28.0. The van der Waals surface area contributed by atoms with Gasteiger partial charge in [0.15, 0.2) is 0 Å². The molecular formula is C21H27Cl2N3O3. The first-order chi connectivity index (χ1) is 13.6. The minimum Gasteiger partial charge on any atom is -0.444 e. The van der Waals surface area contributed by atoms with E-state index in [1.54, 1.807) is 28.0 Å². The second kappa shape index (κ2) is 10.1. The summed E-state index contributed by atoms with van der Waals surface area (Å²) in [5.41, 5.74) is 0.200. The Morgan fingerprint density at radius 3 is 2.31 bits per heavy atom. The van der Waals surface area contributed by atoms with E-state index in [4.69, 9.17) is 27.9 Å². The summed E-state index contributed by atoms with van der Waals surface area (Å²) in [6, 6.07) is 4.69. The number of ether oxygens (including phenoxy) is 1. The van der Waals surface area contributed by atoms with Gasteiger partial charge < -0.3 is 19.9 Å². The third-order valence-electron chi connectivity index (χ3n) is 4.23. The highest BCUT2D eigenvalue weighted by molar-refractivity contribution is 6.42. The second-order valence-electron chi connectivity index (χ2n) is 7.76. The topological polar surface area (TPSA) is 61.9 Å². The molecule has 0 radical (unpaired) electrons. The number of piperazine rings is 1. The highest BCUT2D eigenvalue weighted by Crippen LogP contribution is 2.22. The van der Waals surface area contributed by atoms with E-state index in [1.165, 1.54) is 0 Å². The van der Waals surface area contributed by atoms with Gasteiger partial charge in [-0.3, -0.25) is 0 Å². The fourth-order valence-corrected chi connectivity index (χ4v) is 2.94. The number of carbonyl (C=O) groups is 2. The fourth-order valence-electron chi connectivity index (χ4n) is 2.64. The van der Waals surface area contributed by atoms with Gasteiger partial charge in [-0.25, -0.2) is 9.59 Å². The molecule has 6 nitrogen and oxygen atoms in total. The van der Waals surface area contributed by atoms with E-state index in [1.807, 2.05) is 27.7 Å². The zero-order chi connectivity index (χ0) is 21.6. The van der Waals surface area contributed by atoms with Crippen LogP contribution in [-0.2, 0) is 4.74 Å². The van der Waals surface area contributed by atoms with E-state index in [2.05, 4.69) is 17.2 Å². The maximum absolute atomic E-state index is 12.6. The average Bonchev–Trinajstić information content (AvgIpc) is 2.66. The summed E-state index contributed by atoms with van der Waals surface area (Å²) in [6.07, 6.45) is 0.314. The van der Waals surface area contributed by atoms with Gasteiger partial charge in [0.2, 0.25) is 0 Å². The van der Waals surface area contributed by atoms with Gasteiger partial charge in [-0.1, -0.05) is 42.0 Å². The van der Waals surface area contributed by atoms with E-state index >= 15 is 0 Å². The molecule has 1 N–H and O–H groups in total. The first-order valence-corrected chi connectivity index (χ1v) is 10.3. The zero-order valence-corrected chi connectivity index (χ0v) is 18.7. The summed E-state index contributed by atoms with van der Waals surface area (Å²) in [7, 11) is 0. The minimum absolute atomic E-state index is 0.191. The normalized spacial score (nSPS) is 15.2. The molecule has 0 bridgehead atoms. The number of rotatable bonds is 2. The van der Waals surface area contributed by atoms with Crippen LogP contribution in [0.3, 0.4) is 0 Å². The van der Waals surface area contributed by atoms with Crippen molar-refractivity contribution in [1.29, 1.82) is 0 Å². The van der Waals surface area contributed by atoms with E-state index in [0.29, 0.717) is 42.6 Å². The van der Waals surface area contributed by atoms with Crippen LogP contribution in [0.25, 0.3) is 0 Å². The zero-order valence-electron chi connectivity index (χ0n) is 17.2. The molecule has 1 unspecified atom stereocenters. The number of nitrogens with one attached hydrogen (secondary N) is 1. The van der Waals surface area contributed by atoms with E-state index in [0.717, 1.165) is 5.56 Å². The molecule has 1 aromatic rings. The lowest BCUT2D eigenvalue weighted by Crippen LogP contribution is -2.55.